The molecule has 1 aliphatic heterocycles. The molecule has 2 fully saturated rings. The largest absolute Gasteiger partial charge is 0.350 e. The van der Waals surface area contributed by atoms with Crippen LogP contribution in [0.25, 0.3) is 0 Å². The van der Waals surface area contributed by atoms with E-state index in [-0.39, 0.29) is 18.3 Å². The maximum atomic E-state index is 11.9. The van der Waals surface area contributed by atoms with Crippen LogP contribution in [0.1, 0.15) is 42.2 Å². The number of nitrogens with zero attached hydrogens (tertiary/aromatic N) is 2. The molecule has 0 spiro atoms. The van der Waals surface area contributed by atoms with Crippen molar-refractivity contribution in [2.75, 3.05) is 19.6 Å². The van der Waals surface area contributed by atoms with E-state index in [1.807, 2.05) is 16.9 Å². The summed E-state index contributed by atoms with van der Waals surface area (Å²) in [6, 6.07) is 2.21. The van der Waals surface area contributed by atoms with E-state index in [1.165, 1.54) is 19.3 Å². The Balaban J connectivity index is 0.00000133. The number of halogens is 1. The van der Waals surface area contributed by atoms with E-state index < -0.39 is 0 Å². The summed E-state index contributed by atoms with van der Waals surface area (Å²) in [6.07, 6.45) is 6.74. The van der Waals surface area contributed by atoms with Crippen molar-refractivity contribution < 1.29 is 4.79 Å². The normalized spacial score (nSPS) is 22.6. The Labute approximate surface area is 119 Å². The van der Waals surface area contributed by atoms with Crippen molar-refractivity contribution in [3.05, 3.63) is 18.0 Å². The summed E-state index contributed by atoms with van der Waals surface area (Å²) >= 11 is 0. The summed E-state index contributed by atoms with van der Waals surface area (Å²) < 4.78 is 1.93. The van der Waals surface area contributed by atoms with Crippen LogP contribution in [0.5, 0.6) is 0 Å². The quantitative estimate of drug-likeness (QED) is 0.878. The van der Waals surface area contributed by atoms with E-state index in [4.69, 9.17) is 0 Å². The first-order valence-electron chi connectivity index (χ1n) is 6.87. The van der Waals surface area contributed by atoms with Crippen molar-refractivity contribution in [1.82, 2.24) is 20.4 Å². The number of nitrogens with one attached hydrogen (secondary N) is 2. The fourth-order valence-corrected chi connectivity index (χ4v) is 2.37. The van der Waals surface area contributed by atoms with Gasteiger partial charge in [0.1, 0.15) is 5.69 Å². The van der Waals surface area contributed by atoms with Gasteiger partial charge in [-0.1, -0.05) is 0 Å². The van der Waals surface area contributed by atoms with E-state index >= 15 is 0 Å². The van der Waals surface area contributed by atoms with Crippen molar-refractivity contribution in [3.63, 3.8) is 0 Å². The lowest BCUT2D eigenvalue weighted by molar-refractivity contribution is 0.0945. The highest BCUT2D eigenvalue weighted by molar-refractivity contribution is 5.92. The number of piperidine rings is 1. The van der Waals surface area contributed by atoms with Crippen LogP contribution in [0.2, 0.25) is 0 Å². The number of amides is 1. The summed E-state index contributed by atoms with van der Waals surface area (Å²) in [5.41, 5.74) is 0.543. The number of aromatic nitrogens is 2. The lowest BCUT2D eigenvalue weighted by Gasteiger charge is -2.22. The SMILES string of the molecule is Cl.O=C(NCC1CC1)c1ccn(C2CCCNC2)n1. The number of carbonyl (C=O) groups is 1. The Bertz CT molecular complexity index is 424. The molecule has 6 heteroatoms. The molecule has 1 aromatic heterocycles. The monoisotopic (exact) mass is 284 g/mol. The highest BCUT2D eigenvalue weighted by Crippen LogP contribution is 2.27. The minimum absolute atomic E-state index is 0. The molecule has 1 saturated heterocycles. The zero-order valence-electron chi connectivity index (χ0n) is 11.0. The van der Waals surface area contributed by atoms with E-state index in [2.05, 4.69) is 15.7 Å². The fourth-order valence-electron chi connectivity index (χ4n) is 2.37. The topological polar surface area (TPSA) is 59.0 Å². The van der Waals surface area contributed by atoms with Crippen LogP contribution < -0.4 is 10.6 Å². The minimum Gasteiger partial charge on any atom is -0.350 e. The van der Waals surface area contributed by atoms with Gasteiger partial charge in [-0.25, -0.2) is 0 Å². The third-order valence-corrected chi connectivity index (χ3v) is 3.73. The van der Waals surface area contributed by atoms with Gasteiger partial charge in [-0.15, -0.1) is 12.4 Å². The number of hydrogen-bond donors (Lipinski definition) is 2. The zero-order chi connectivity index (χ0) is 12.4. The fraction of sp³-hybridized carbons (Fsp3) is 0.692. The molecule has 5 nitrogen and oxygen atoms in total. The van der Waals surface area contributed by atoms with Gasteiger partial charge in [0.15, 0.2) is 0 Å². The second kappa shape index (κ2) is 6.39. The predicted molar refractivity (Wildman–Crippen MR) is 75.7 cm³/mol. The van der Waals surface area contributed by atoms with Gasteiger partial charge in [-0.3, -0.25) is 9.48 Å². The molecular formula is C13H21ClN4O. The molecule has 0 radical (unpaired) electrons. The van der Waals surface area contributed by atoms with E-state index in [0.29, 0.717) is 17.7 Å². The summed E-state index contributed by atoms with van der Waals surface area (Å²) in [7, 11) is 0. The summed E-state index contributed by atoms with van der Waals surface area (Å²) in [4.78, 5) is 11.9. The molecule has 1 unspecified atom stereocenters. The van der Waals surface area contributed by atoms with Gasteiger partial charge < -0.3 is 10.6 Å². The van der Waals surface area contributed by atoms with Crippen LogP contribution in [0.4, 0.5) is 0 Å². The first-order valence-corrected chi connectivity index (χ1v) is 6.87. The molecule has 2 N–H and O–H groups in total. The third-order valence-electron chi connectivity index (χ3n) is 3.73. The Kier molecular flexibility index (Phi) is 4.82. The Morgan fingerprint density at radius 1 is 1.47 bits per heavy atom. The average Bonchev–Trinajstić information content (AvgIpc) is 3.11. The van der Waals surface area contributed by atoms with Gasteiger partial charge in [0.25, 0.3) is 5.91 Å². The summed E-state index contributed by atoms with van der Waals surface area (Å²) in [6.45, 7) is 2.84. The Morgan fingerprint density at radius 2 is 2.32 bits per heavy atom. The molecule has 1 amide bonds. The zero-order valence-corrected chi connectivity index (χ0v) is 11.8. The smallest absolute Gasteiger partial charge is 0.271 e. The molecule has 0 bridgehead atoms. The van der Waals surface area contributed by atoms with Crippen molar-refractivity contribution >= 4 is 18.3 Å². The van der Waals surface area contributed by atoms with E-state index in [9.17, 15) is 4.79 Å². The second-order valence-corrected chi connectivity index (χ2v) is 5.33. The standard InChI is InChI=1S/C13H20N4O.ClH/c18-13(15-8-10-3-4-10)12-5-7-17(16-12)11-2-1-6-14-9-11;/h5,7,10-11,14H,1-4,6,8-9H2,(H,15,18);1H. The molecule has 1 aromatic rings. The van der Waals surface area contributed by atoms with Crippen molar-refractivity contribution in [2.24, 2.45) is 5.92 Å². The van der Waals surface area contributed by atoms with Crippen LogP contribution in [0.15, 0.2) is 12.3 Å². The molecule has 2 aliphatic rings. The lowest BCUT2D eigenvalue weighted by atomic mass is 10.1. The third kappa shape index (κ3) is 3.70. The second-order valence-electron chi connectivity index (χ2n) is 5.33. The van der Waals surface area contributed by atoms with Crippen LogP contribution >= 0.6 is 12.4 Å². The first kappa shape index (κ1) is 14.3. The molecule has 106 valence electrons. The predicted octanol–water partition coefficient (Wildman–Crippen LogP) is 1.37. The number of carbonyl (C=O) groups excluding carboxylic acids is 1. The van der Waals surface area contributed by atoms with Gasteiger partial charge >= 0.3 is 0 Å². The average molecular weight is 285 g/mol. The van der Waals surface area contributed by atoms with Crippen molar-refractivity contribution in [2.45, 2.75) is 31.7 Å². The molecule has 2 heterocycles. The van der Waals surface area contributed by atoms with Crippen LogP contribution in [0.3, 0.4) is 0 Å². The highest BCUT2D eigenvalue weighted by Gasteiger charge is 2.23. The molecule has 1 saturated carbocycles. The molecular weight excluding hydrogens is 264 g/mol. The van der Waals surface area contributed by atoms with Gasteiger partial charge in [-0.05, 0) is 44.2 Å². The Hall–Kier alpha value is -1.07. The molecule has 3 rings (SSSR count). The van der Waals surface area contributed by atoms with Crippen molar-refractivity contribution in [1.29, 1.82) is 0 Å². The molecule has 1 atom stereocenters. The van der Waals surface area contributed by atoms with Gasteiger partial charge in [0, 0.05) is 19.3 Å². The lowest BCUT2D eigenvalue weighted by Crippen LogP contribution is -2.32. The van der Waals surface area contributed by atoms with Gasteiger partial charge in [0.2, 0.25) is 0 Å². The maximum absolute atomic E-state index is 11.9. The first-order chi connectivity index (χ1) is 8.83. The van der Waals surface area contributed by atoms with E-state index in [1.54, 1.807) is 0 Å². The summed E-state index contributed by atoms with van der Waals surface area (Å²) in [5.74, 6) is 0.669. The maximum Gasteiger partial charge on any atom is 0.271 e. The van der Waals surface area contributed by atoms with Crippen LogP contribution in [0, 0.1) is 5.92 Å². The highest BCUT2D eigenvalue weighted by atomic mass is 35.5. The van der Waals surface area contributed by atoms with Crippen LogP contribution in [-0.4, -0.2) is 35.3 Å². The van der Waals surface area contributed by atoms with Gasteiger partial charge in [0.05, 0.1) is 6.04 Å². The Morgan fingerprint density at radius 3 is 3.00 bits per heavy atom. The minimum atomic E-state index is -0.0376. The molecule has 1 aliphatic carbocycles. The number of rotatable bonds is 4. The van der Waals surface area contributed by atoms with Gasteiger partial charge in [-0.2, -0.15) is 5.10 Å². The van der Waals surface area contributed by atoms with Crippen molar-refractivity contribution in [3.8, 4) is 0 Å². The van der Waals surface area contributed by atoms with E-state index in [0.717, 1.165) is 26.1 Å². The number of hydrogen-bond acceptors (Lipinski definition) is 3. The molecule has 19 heavy (non-hydrogen) atoms. The molecule has 0 aromatic carbocycles. The summed E-state index contributed by atoms with van der Waals surface area (Å²) in [5, 5.41) is 10.7. The van der Waals surface area contributed by atoms with Crippen LogP contribution in [-0.2, 0) is 0 Å².